The largest absolute Gasteiger partial charge is 0.388 e. The number of anilines is 4. The van der Waals surface area contributed by atoms with Crippen LogP contribution < -0.4 is 15.5 Å². The van der Waals surface area contributed by atoms with Gasteiger partial charge in [0.15, 0.2) is 0 Å². The highest BCUT2D eigenvalue weighted by Crippen LogP contribution is 2.26. The molecule has 0 aliphatic carbocycles. The topological polar surface area (TPSA) is 90.4 Å². The van der Waals surface area contributed by atoms with E-state index in [1.165, 1.54) is 17.2 Å². The van der Waals surface area contributed by atoms with E-state index >= 15 is 0 Å². The van der Waals surface area contributed by atoms with Gasteiger partial charge in [-0.1, -0.05) is 18.2 Å². The van der Waals surface area contributed by atoms with Crippen molar-refractivity contribution in [2.75, 3.05) is 15.5 Å². The molecule has 1 unspecified atom stereocenters. The fraction of sp³-hybridized carbons (Fsp3) is 0.227. The average Bonchev–Trinajstić information content (AvgIpc) is 2.71. The molecule has 7 nitrogen and oxygen atoms in total. The average molecular weight is 427 g/mol. The smallest absolute Gasteiger partial charge is 0.332 e. The Morgan fingerprint density at radius 1 is 1.13 bits per heavy atom. The minimum atomic E-state index is -1.03. The maximum atomic E-state index is 14.1. The molecule has 1 atom stereocenters. The second-order valence-electron chi connectivity index (χ2n) is 7.48. The number of para-hydroxylation sites is 1. The maximum Gasteiger partial charge on any atom is 0.332 e. The van der Waals surface area contributed by atoms with Gasteiger partial charge in [-0.05, 0) is 45.0 Å². The van der Waals surface area contributed by atoms with Gasteiger partial charge in [0.05, 0.1) is 23.0 Å². The minimum absolute atomic E-state index is 0.171. The predicted octanol–water partition coefficient (Wildman–Crippen LogP) is 4.70. The number of hydrogen-bond donors (Lipinski definition) is 3. The van der Waals surface area contributed by atoms with Crippen LogP contribution in [0.3, 0.4) is 0 Å². The van der Waals surface area contributed by atoms with Crippen molar-refractivity contribution in [1.29, 1.82) is 0 Å². The highest BCUT2D eigenvalue weighted by Gasteiger charge is 2.25. The normalized spacial score (nSPS) is 12.2. The quantitative estimate of drug-likeness (QED) is 0.531. The van der Waals surface area contributed by atoms with Crippen LogP contribution in [0.1, 0.15) is 20.8 Å². The summed E-state index contributed by atoms with van der Waals surface area (Å²) in [7, 11) is 0. The molecule has 9 heteroatoms. The molecule has 1 heterocycles. The molecule has 0 aliphatic heterocycles. The second kappa shape index (κ2) is 9.05. The summed E-state index contributed by atoms with van der Waals surface area (Å²) in [4.78, 5) is 22.8. The Balaban J connectivity index is 1.95. The van der Waals surface area contributed by atoms with Crippen LogP contribution >= 0.6 is 0 Å². The molecule has 2 aromatic carbocycles. The van der Waals surface area contributed by atoms with Crippen LogP contribution in [0.15, 0.2) is 60.8 Å². The molecule has 0 saturated heterocycles. The zero-order chi connectivity index (χ0) is 22.6. The Labute approximate surface area is 178 Å². The van der Waals surface area contributed by atoms with Crippen LogP contribution in [0.25, 0.3) is 0 Å². The van der Waals surface area contributed by atoms with Crippen LogP contribution in [0.2, 0.25) is 0 Å². The summed E-state index contributed by atoms with van der Waals surface area (Å²) >= 11 is 0. The molecule has 31 heavy (non-hydrogen) atoms. The first kappa shape index (κ1) is 22.1. The van der Waals surface area contributed by atoms with Crippen LogP contribution in [-0.2, 0) is 0 Å². The van der Waals surface area contributed by atoms with Crippen molar-refractivity contribution >= 4 is 29.2 Å². The molecule has 0 spiro atoms. The highest BCUT2D eigenvalue weighted by molar-refractivity contribution is 6.06. The third-order valence-electron chi connectivity index (χ3n) is 4.67. The zero-order valence-electron chi connectivity index (χ0n) is 17.3. The zero-order valence-corrected chi connectivity index (χ0v) is 17.3. The van der Waals surface area contributed by atoms with Gasteiger partial charge in [-0.15, -0.1) is 0 Å². The number of amides is 2. The number of urea groups is 1. The molecule has 2 amide bonds. The molecule has 3 N–H and O–H groups in total. The van der Waals surface area contributed by atoms with E-state index in [0.29, 0.717) is 11.8 Å². The lowest BCUT2D eigenvalue weighted by Gasteiger charge is -2.27. The van der Waals surface area contributed by atoms with Gasteiger partial charge >= 0.3 is 6.03 Å². The molecule has 3 aromatic rings. The predicted molar refractivity (Wildman–Crippen MR) is 115 cm³/mol. The molecule has 0 radical (unpaired) electrons. The second-order valence-corrected chi connectivity index (χ2v) is 7.48. The number of rotatable bonds is 6. The number of carbonyl (C=O) groups is 1. The van der Waals surface area contributed by atoms with Crippen LogP contribution in [-0.4, -0.2) is 32.7 Å². The highest BCUT2D eigenvalue weighted by atomic mass is 19.1. The summed E-state index contributed by atoms with van der Waals surface area (Å²) in [5, 5.41) is 15.6. The van der Waals surface area contributed by atoms with Gasteiger partial charge in [0.25, 0.3) is 0 Å². The third kappa shape index (κ3) is 5.52. The van der Waals surface area contributed by atoms with Crippen LogP contribution in [0.4, 0.5) is 36.7 Å². The van der Waals surface area contributed by atoms with Crippen molar-refractivity contribution in [3.63, 3.8) is 0 Å². The van der Waals surface area contributed by atoms with Crippen molar-refractivity contribution < 1.29 is 18.7 Å². The molecule has 0 saturated carbocycles. The van der Waals surface area contributed by atoms with Gasteiger partial charge in [-0.25, -0.2) is 23.5 Å². The summed E-state index contributed by atoms with van der Waals surface area (Å²) in [5.74, 6) is -1.23. The Bertz CT molecular complexity index is 1060. The van der Waals surface area contributed by atoms with E-state index in [-0.39, 0.29) is 23.5 Å². The van der Waals surface area contributed by atoms with Crippen molar-refractivity contribution in [2.24, 2.45) is 0 Å². The van der Waals surface area contributed by atoms with Gasteiger partial charge in [0.2, 0.25) is 5.95 Å². The molecule has 0 aliphatic rings. The SMILES string of the molecule is CC(Nc1nccc(N(C(=O)Nc2ccc(F)cc2F)c2ccccc2)n1)C(C)(C)O. The number of carbonyl (C=O) groups excluding carboxylic acids is 1. The molecule has 162 valence electrons. The number of benzene rings is 2. The number of aliphatic hydroxyl groups is 1. The monoisotopic (exact) mass is 427 g/mol. The minimum Gasteiger partial charge on any atom is -0.388 e. The first-order valence-electron chi connectivity index (χ1n) is 9.58. The Hall–Kier alpha value is -3.59. The molecular formula is C22H23F2N5O2. The van der Waals surface area contributed by atoms with E-state index < -0.39 is 23.3 Å². The Morgan fingerprint density at radius 2 is 1.84 bits per heavy atom. The number of aromatic nitrogens is 2. The molecule has 1 aromatic heterocycles. The van der Waals surface area contributed by atoms with E-state index in [9.17, 15) is 18.7 Å². The Kier molecular flexibility index (Phi) is 6.45. The fourth-order valence-corrected chi connectivity index (χ4v) is 2.61. The molecule has 0 bridgehead atoms. The van der Waals surface area contributed by atoms with Crippen molar-refractivity contribution in [3.8, 4) is 0 Å². The standard InChI is InChI=1S/C22H23F2N5O2/c1-14(22(2,3)31)26-20-25-12-11-19(28-20)29(16-7-5-4-6-8-16)21(30)27-18-10-9-15(23)13-17(18)24/h4-14,31H,1-3H3,(H,27,30)(H,25,26,28). The first-order valence-corrected chi connectivity index (χ1v) is 9.58. The molecular weight excluding hydrogens is 404 g/mol. The van der Waals surface area contributed by atoms with Gasteiger partial charge in [-0.3, -0.25) is 0 Å². The van der Waals surface area contributed by atoms with Crippen molar-refractivity contribution in [1.82, 2.24) is 9.97 Å². The van der Waals surface area contributed by atoms with Crippen molar-refractivity contribution in [3.05, 3.63) is 72.4 Å². The number of nitrogens with one attached hydrogen (secondary N) is 2. The van der Waals surface area contributed by atoms with Gasteiger partial charge < -0.3 is 15.7 Å². The first-order chi connectivity index (χ1) is 14.6. The lowest BCUT2D eigenvalue weighted by molar-refractivity contribution is 0.0646. The van der Waals surface area contributed by atoms with E-state index in [1.54, 1.807) is 51.1 Å². The summed E-state index contributed by atoms with van der Waals surface area (Å²) in [6.07, 6.45) is 1.46. The summed E-state index contributed by atoms with van der Waals surface area (Å²) in [5.41, 5.74) is -0.728. The van der Waals surface area contributed by atoms with E-state index in [1.807, 2.05) is 0 Å². The third-order valence-corrected chi connectivity index (χ3v) is 4.67. The van der Waals surface area contributed by atoms with Gasteiger partial charge in [0, 0.05) is 18.3 Å². The summed E-state index contributed by atoms with van der Waals surface area (Å²) in [6, 6.07) is 12.0. The van der Waals surface area contributed by atoms with Gasteiger partial charge in [0.1, 0.15) is 17.5 Å². The van der Waals surface area contributed by atoms with Gasteiger partial charge in [-0.2, -0.15) is 4.98 Å². The van der Waals surface area contributed by atoms with E-state index in [4.69, 9.17) is 0 Å². The van der Waals surface area contributed by atoms with E-state index in [2.05, 4.69) is 20.6 Å². The fourth-order valence-electron chi connectivity index (χ4n) is 2.61. The lowest BCUT2D eigenvalue weighted by Crippen LogP contribution is -2.40. The number of halogens is 2. The van der Waals surface area contributed by atoms with Crippen LogP contribution in [0, 0.1) is 11.6 Å². The summed E-state index contributed by atoms with van der Waals surface area (Å²) < 4.78 is 27.3. The van der Waals surface area contributed by atoms with Crippen LogP contribution in [0.5, 0.6) is 0 Å². The maximum absolute atomic E-state index is 14.1. The lowest BCUT2D eigenvalue weighted by atomic mass is 10.0. The molecule has 3 rings (SSSR count). The van der Waals surface area contributed by atoms with E-state index in [0.717, 1.165) is 12.1 Å². The Morgan fingerprint density at radius 3 is 2.48 bits per heavy atom. The number of hydrogen-bond acceptors (Lipinski definition) is 5. The molecule has 0 fully saturated rings. The summed E-state index contributed by atoms with van der Waals surface area (Å²) in [6.45, 7) is 5.07. The van der Waals surface area contributed by atoms with Crippen molar-refractivity contribution in [2.45, 2.75) is 32.4 Å². The number of nitrogens with zero attached hydrogens (tertiary/aromatic N) is 3.